The summed E-state index contributed by atoms with van der Waals surface area (Å²) in [6, 6.07) is 3.27. The van der Waals surface area contributed by atoms with E-state index in [4.69, 9.17) is 45.3 Å². The van der Waals surface area contributed by atoms with Crippen LogP contribution in [0.3, 0.4) is 0 Å². The number of hydrogen-bond donors (Lipinski definition) is 1. The average molecular weight is 360 g/mol. The van der Waals surface area contributed by atoms with Crippen LogP contribution in [-0.4, -0.2) is 36.3 Å². The maximum absolute atomic E-state index is 6.23. The van der Waals surface area contributed by atoms with Gasteiger partial charge in [-0.15, -0.1) is 0 Å². The lowest BCUT2D eigenvalue weighted by molar-refractivity contribution is 0.122. The summed E-state index contributed by atoms with van der Waals surface area (Å²) in [5, 5.41) is 1.21. The molecule has 1 aliphatic heterocycles. The van der Waals surface area contributed by atoms with E-state index in [9.17, 15) is 0 Å². The first-order chi connectivity index (χ1) is 10.6. The fraction of sp³-hybridized carbons (Fsp3) is 0.286. The van der Waals surface area contributed by atoms with Crippen LogP contribution >= 0.6 is 34.8 Å². The lowest BCUT2D eigenvalue weighted by atomic mass is 10.1. The van der Waals surface area contributed by atoms with Crippen molar-refractivity contribution in [3.63, 3.8) is 0 Å². The molecule has 1 aromatic carbocycles. The molecule has 5 nitrogen and oxygen atoms in total. The Morgan fingerprint density at radius 1 is 1.09 bits per heavy atom. The molecular weight excluding hydrogens is 347 g/mol. The van der Waals surface area contributed by atoms with Gasteiger partial charge in [-0.25, -0.2) is 4.98 Å². The van der Waals surface area contributed by atoms with Crippen molar-refractivity contribution in [2.24, 2.45) is 0 Å². The van der Waals surface area contributed by atoms with Gasteiger partial charge < -0.3 is 15.4 Å². The number of benzene rings is 1. The van der Waals surface area contributed by atoms with Gasteiger partial charge in [0.2, 0.25) is 5.95 Å². The van der Waals surface area contributed by atoms with Crippen molar-refractivity contribution in [1.29, 1.82) is 0 Å². The normalized spacial score (nSPS) is 15.1. The first-order valence-electron chi connectivity index (χ1n) is 6.66. The molecule has 22 heavy (non-hydrogen) atoms. The van der Waals surface area contributed by atoms with Crippen LogP contribution in [0.1, 0.15) is 0 Å². The van der Waals surface area contributed by atoms with E-state index in [2.05, 4.69) is 9.97 Å². The summed E-state index contributed by atoms with van der Waals surface area (Å²) in [5.74, 6) is 0.908. The molecule has 1 saturated heterocycles. The number of morpholine rings is 1. The third-order valence-corrected chi connectivity index (χ3v) is 4.40. The lowest BCUT2D eigenvalue weighted by Gasteiger charge is -2.27. The lowest BCUT2D eigenvalue weighted by Crippen LogP contribution is -2.37. The summed E-state index contributed by atoms with van der Waals surface area (Å²) in [6.45, 7) is 2.78. The summed E-state index contributed by atoms with van der Waals surface area (Å²) >= 11 is 18.3. The first kappa shape index (κ1) is 15.6. The zero-order chi connectivity index (χ0) is 15.7. The predicted molar refractivity (Wildman–Crippen MR) is 89.9 cm³/mol. The molecule has 0 amide bonds. The van der Waals surface area contributed by atoms with Gasteiger partial charge >= 0.3 is 0 Å². The van der Waals surface area contributed by atoms with E-state index in [1.54, 1.807) is 18.3 Å². The Bertz CT molecular complexity index is 705. The molecule has 0 unspecified atom stereocenters. The minimum atomic E-state index is 0.330. The van der Waals surface area contributed by atoms with Crippen molar-refractivity contribution in [2.45, 2.75) is 0 Å². The van der Waals surface area contributed by atoms with Crippen LogP contribution in [0.2, 0.25) is 15.1 Å². The highest BCUT2D eigenvalue weighted by Gasteiger charge is 2.17. The minimum absolute atomic E-state index is 0.330. The molecule has 0 spiro atoms. The van der Waals surface area contributed by atoms with Gasteiger partial charge in [-0.1, -0.05) is 34.8 Å². The predicted octanol–water partition coefficient (Wildman–Crippen LogP) is 3.52. The molecule has 8 heteroatoms. The summed E-state index contributed by atoms with van der Waals surface area (Å²) < 4.78 is 5.31. The molecule has 2 N–H and O–H groups in total. The van der Waals surface area contributed by atoms with Crippen molar-refractivity contribution < 1.29 is 4.74 Å². The zero-order valence-corrected chi connectivity index (χ0v) is 13.8. The number of hydrogen-bond acceptors (Lipinski definition) is 5. The molecule has 1 aromatic heterocycles. The maximum Gasteiger partial charge on any atom is 0.227 e. The molecule has 0 atom stereocenters. The van der Waals surface area contributed by atoms with Crippen LogP contribution in [-0.2, 0) is 4.74 Å². The van der Waals surface area contributed by atoms with E-state index in [0.29, 0.717) is 51.2 Å². The van der Waals surface area contributed by atoms with Crippen molar-refractivity contribution in [3.8, 4) is 11.1 Å². The van der Waals surface area contributed by atoms with Crippen LogP contribution in [0.5, 0.6) is 0 Å². The molecule has 0 saturated carbocycles. The molecule has 116 valence electrons. The van der Waals surface area contributed by atoms with Gasteiger partial charge in [-0.05, 0) is 12.1 Å². The van der Waals surface area contributed by atoms with Gasteiger partial charge in [0.05, 0.1) is 23.3 Å². The zero-order valence-electron chi connectivity index (χ0n) is 11.5. The minimum Gasteiger partial charge on any atom is -0.383 e. The SMILES string of the molecule is Nc1nc(N2CCOCC2)ncc1-c1cc(Cl)cc(Cl)c1Cl. The number of halogens is 3. The number of nitrogens with zero attached hydrogens (tertiary/aromatic N) is 3. The van der Waals surface area contributed by atoms with Crippen LogP contribution in [0.25, 0.3) is 11.1 Å². The molecule has 0 aliphatic carbocycles. The van der Waals surface area contributed by atoms with Gasteiger partial charge in [0.15, 0.2) is 0 Å². The summed E-state index contributed by atoms with van der Waals surface area (Å²) in [7, 11) is 0. The Kier molecular flexibility index (Phi) is 4.59. The quantitative estimate of drug-likeness (QED) is 0.831. The molecule has 1 fully saturated rings. The summed E-state index contributed by atoms with van der Waals surface area (Å²) in [6.07, 6.45) is 1.64. The van der Waals surface area contributed by atoms with E-state index in [1.165, 1.54) is 0 Å². The van der Waals surface area contributed by atoms with E-state index in [0.717, 1.165) is 13.1 Å². The van der Waals surface area contributed by atoms with Crippen molar-refractivity contribution >= 4 is 46.6 Å². The number of aromatic nitrogens is 2. The second-order valence-electron chi connectivity index (χ2n) is 4.82. The number of anilines is 2. The van der Waals surface area contributed by atoms with Crippen LogP contribution in [0.15, 0.2) is 18.3 Å². The third-order valence-electron chi connectivity index (χ3n) is 3.38. The Hall–Kier alpha value is -1.27. The van der Waals surface area contributed by atoms with Gasteiger partial charge in [0, 0.05) is 35.4 Å². The second kappa shape index (κ2) is 6.46. The van der Waals surface area contributed by atoms with Crippen LogP contribution in [0, 0.1) is 0 Å². The Labute approximate surface area is 143 Å². The molecule has 0 bridgehead atoms. The van der Waals surface area contributed by atoms with Gasteiger partial charge in [0.25, 0.3) is 0 Å². The van der Waals surface area contributed by atoms with E-state index < -0.39 is 0 Å². The van der Waals surface area contributed by atoms with Crippen molar-refractivity contribution in [3.05, 3.63) is 33.4 Å². The standard InChI is InChI=1S/C14H13Cl3N4O/c15-8-5-9(12(17)11(16)6-8)10-7-19-14(20-13(10)18)21-1-3-22-4-2-21/h5-7H,1-4H2,(H2,18,19,20). The second-order valence-corrected chi connectivity index (χ2v) is 6.04. The Balaban J connectivity index is 1.99. The molecule has 2 heterocycles. The molecule has 2 aromatic rings. The number of ether oxygens (including phenoxy) is 1. The Morgan fingerprint density at radius 2 is 1.82 bits per heavy atom. The van der Waals surface area contributed by atoms with Gasteiger partial charge in [-0.2, -0.15) is 4.98 Å². The molecule has 3 rings (SSSR count). The number of nitrogen functional groups attached to an aromatic ring is 1. The highest BCUT2D eigenvalue weighted by Crippen LogP contribution is 2.38. The summed E-state index contributed by atoms with van der Waals surface area (Å²) in [5.41, 5.74) is 7.29. The third kappa shape index (κ3) is 3.08. The fourth-order valence-corrected chi connectivity index (χ4v) is 2.96. The van der Waals surface area contributed by atoms with E-state index >= 15 is 0 Å². The summed E-state index contributed by atoms with van der Waals surface area (Å²) in [4.78, 5) is 10.8. The Morgan fingerprint density at radius 3 is 2.50 bits per heavy atom. The topological polar surface area (TPSA) is 64.3 Å². The smallest absolute Gasteiger partial charge is 0.227 e. The highest BCUT2D eigenvalue weighted by atomic mass is 35.5. The highest BCUT2D eigenvalue weighted by molar-refractivity contribution is 6.45. The maximum atomic E-state index is 6.23. The van der Waals surface area contributed by atoms with E-state index in [-0.39, 0.29) is 0 Å². The van der Waals surface area contributed by atoms with Crippen LogP contribution in [0.4, 0.5) is 11.8 Å². The largest absolute Gasteiger partial charge is 0.383 e. The van der Waals surface area contributed by atoms with Crippen LogP contribution < -0.4 is 10.6 Å². The average Bonchev–Trinajstić information content (AvgIpc) is 2.52. The monoisotopic (exact) mass is 358 g/mol. The van der Waals surface area contributed by atoms with Gasteiger partial charge in [0.1, 0.15) is 5.82 Å². The molecule has 0 radical (unpaired) electrons. The number of nitrogens with two attached hydrogens (primary N) is 1. The van der Waals surface area contributed by atoms with Crippen molar-refractivity contribution in [1.82, 2.24) is 9.97 Å². The first-order valence-corrected chi connectivity index (χ1v) is 7.80. The van der Waals surface area contributed by atoms with E-state index in [1.807, 2.05) is 4.90 Å². The number of rotatable bonds is 2. The molecular formula is C14H13Cl3N4O. The van der Waals surface area contributed by atoms with Gasteiger partial charge in [-0.3, -0.25) is 0 Å². The van der Waals surface area contributed by atoms with Crippen molar-refractivity contribution in [2.75, 3.05) is 36.9 Å². The fourth-order valence-electron chi connectivity index (χ4n) is 2.26. The molecule has 1 aliphatic rings.